The van der Waals surface area contributed by atoms with Crippen LogP contribution >= 0.6 is 0 Å². The highest BCUT2D eigenvalue weighted by Gasteiger charge is 2.15. The molecule has 0 bridgehead atoms. The zero-order valence-corrected chi connectivity index (χ0v) is 11.5. The van der Waals surface area contributed by atoms with E-state index in [9.17, 15) is 4.79 Å². The van der Waals surface area contributed by atoms with Crippen LogP contribution in [-0.2, 0) is 11.2 Å². The average Bonchev–Trinajstić information content (AvgIpc) is 2.96. The van der Waals surface area contributed by atoms with E-state index in [-0.39, 0.29) is 5.91 Å². The molecular weight excluding hydrogens is 236 g/mol. The molecule has 0 spiro atoms. The maximum atomic E-state index is 11.7. The molecule has 0 aromatic heterocycles. The van der Waals surface area contributed by atoms with E-state index < -0.39 is 0 Å². The van der Waals surface area contributed by atoms with Crippen molar-refractivity contribution in [3.8, 4) is 0 Å². The summed E-state index contributed by atoms with van der Waals surface area (Å²) in [5.74, 6) is 0.912. The molecule has 1 aromatic carbocycles. The van der Waals surface area contributed by atoms with Crippen molar-refractivity contribution in [2.45, 2.75) is 32.1 Å². The summed E-state index contributed by atoms with van der Waals surface area (Å²) >= 11 is 0. The monoisotopic (exact) mass is 260 g/mol. The fourth-order valence-electron chi connectivity index (χ4n) is 2.55. The minimum atomic E-state index is 0.208. The van der Waals surface area contributed by atoms with Gasteiger partial charge >= 0.3 is 0 Å². The van der Waals surface area contributed by atoms with E-state index >= 15 is 0 Å². The maximum Gasteiger partial charge on any atom is 0.220 e. The van der Waals surface area contributed by atoms with Crippen molar-refractivity contribution in [2.75, 3.05) is 19.6 Å². The van der Waals surface area contributed by atoms with Crippen molar-refractivity contribution in [1.82, 2.24) is 10.6 Å². The Morgan fingerprint density at radius 3 is 2.89 bits per heavy atom. The van der Waals surface area contributed by atoms with Crippen LogP contribution in [0.25, 0.3) is 0 Å². The van der Waals surface area contributed by atoms with E-state index in [4.69, 9.17) is 0 Å². The van der Waals surface area contributed by atoms with E-state index in [1.165, 1.54) is 12.0 Å². The van der Waals surface area contributed by atoms with Gasteiger partial charge in [0.2, 0.25) is 5.91 Å². The number of carbonyl (C=O) groups is 1. The molecule has 1 amide bonds. The molecular formula is C16H24N2O. The fraction of sp³-hybridized carbons (Fsp3) is 0.562. The highest BCUT2D eigenvalue weighted by atomic mass is 16.1. The number of rotatable bonds is 7. The van der Waals surface area contributed by atoms with Crippen molar-refractivity contribution in [2.24, 2.45) is 5.92 Å². The molecule has 0 aliphatic carbocycles. The summed E-state index contributed by atoms with van der Waals surface area (Å²) < 4.78 is 0. The van der Waals surface area contributed by atoms with Crippen molar-refractivity contribution in [3.63, 3.8) is 0 Å². The number of carbonyl (C=O) groups excluding carboxylic acids is 1. The van der Waals surface area contributed by atoms with Crippen LogP contribution in [0.5, 0.6) is 0 Å². The lowest BCUT2D eigenvalue weighted by Crippen LogP contribution is -2.25. The van der Waals surface area contributed by atoms with Crippen LogP contribution < -0.4 is 10.6 Å². The van der Waals surface area contributed by atoms with Gasteiger partial charge in [0, 0.05) is 13.0 Å². The molecule has 1 fully saturated rings. The Kier molecular flexibility index (Phi) is 5.89. The summed E-state index contributed by atoms with van der Waals surface area (Å²) in [4.78, 5) is 11.7. The summed E-state index contributed by atoms with van der Waals surface area (Å²) in [5, 5.41) is 6.35. The smallest absolute Gasteiger partial charge is 0.220 e. The number of nitrogens with one attached hydrogen (secondary N) is 2. The molecule has 2 rings (SSSR count). The van der Waals surface area contributed by atoms with E-state index in [0.29, 0.717) is 12.3 Å². The number of aryl methyl sites for hydroxylation is 1. The van der Waals surface area contributed by atoms with Crippen LogP contribution in [-0.4, -0.2) is 25.5 Å². The molecule has 1 aliphatic rings. The zero-order chi connectivity index (χ0) is 13.3. The van der Waals surface area contributed by atoms with Gasteiger partial charge in [0.05, 0.1) is 0 Å². The highest BCUT2D eigenvalue weighted by Crippen LogP contribution is 2.13. The molecule has 0 radical (unpaired) electrons. The number of benzene rings is 1. The minimum absolute atomic E-state index is 0.208. The van der Waals surface area contributed by atoms with E-state index in [0.717, 1.165) is 38.9 Å². The van der Waals surface area contributed by atoms with Gasteiger partial charge in [-0.2, -0.15) is 0 Å². The first-order valence-corrected chi connectivity index (χ1v) is 7.36. The molecule has 1 unspecified atom stereocenters. The van der Waals surface area contributed by atoms with E-state index in [1.807, 2.05) is 6.07 Å². The Labute approximate surface area is 115 Å². The lowest BCUT2D eigenvalue weighted by atomic mass is 10.0. The van der Waals surface area contributed by atoms with Crippen molar-refractivity contribution >= 4 is 5.91 Å². The Balaban J connectivity index is 1.51. The number of hydrogen-bond donors (Lipinski definition) is 2. The Morgan fingerprint density at radius 1 is 1.32 bits per heavy atom. The summed E-state index contributed by atoms with van der Waals surface area (Å²) in [6.45, 7) is 2.99. The van der Waals surface area contributed by atoms with Gasteiger partial charge < -0.3 is 10.6 Å². The molecule has 0 saturated carbocycles. The molecule has 3 nitrogen and oxygen atoms in total. The molecule has 1 saturated heterocycles. The molecule has 1 aliphatic heterocycles. The quantitative estimate of drug-likeness (QED) is 0.737. The standard InChI is InChI=1S/C16H24N2O/c19-16(9-8-15-10-12-17-13-15)18-11-4-7-14-5-2-1-3-6-14/h1-3,5-6,15,17H,4,7-13H2,(H,18,19). The Bertz CT molecular complexity index is 372. The van der Waals surface area contributed by atoms with Gasteiger partial charge in [-0.25, -0.2) is 0 Å². The van der Waals surface area contributed by atoms with Gasteiger partial charge in [-0.15, -0.1) is 0 Å². The maximum absolute atomic E-state index is 11.7. The van der Waals surface area contributed by atoms with Crippen molar-refractivity contribution in [1.29, 1.82) is 0 Å². The molecule has 104 valence electrons. The van der Waals surface area contributed by atoms with Gasteiger partial charge in [-0.3, -0.25) is 4.79 Å². The summed E-state index contributed by atoms with van der Waals surface area (Å²) in [5.41, 5.74) is 1.34. The van der Waals surface area contributed by atoms with Crippen LogP contribution in [0.3, 0.4) is 0 Å². The first-order chi connectivity index (χ1) is 9.34. The number of amides is 1. The molecule has 3 heteroatoms. The molecule has 1 heterocycles. The van der Waals surface area contributed by atoms with Crippen molar-refractivity contribution < 1.29 is 4.79 Å². The third-order valence-corrected chi connectivity index (χ3v) is 3.75. The fourth-order valence-corrected chi connectivity index (χ4v) is 2.55. The van der Waals surface area contributed by atoms with Crippen LogP contribution in [0.15, 0.2) is 30.3 Å². The SMILES string of the molecule is O=C(CCC1CCNC1)NCCCc1ccccc1. The van der Waals surface area contributed by atoms with Gasteiger partial charge in [0.1, 0.15) is 0 Å². The molecule has 1 aromatic rings. The Morgan fingerprint density at radius 2 is 2.16 bits per heavy atom. The summed E-state index contributed by atoms with van der Waals surface area (Å²) in [7, 11) is 0. The molecule has 2 N–H and O–H groups in total. The summed E-state index contributed by atoms with van der Waals surface area (Å²) in [6.07, 6.45) is 4.98. The second-order valence-electron chi connectivity index (χ2n) is 5.34. The third-order valence-electron chi connectivity index (χ3n) is 3.75. The van der Waals surface area contributed by atoms with Gasteiger partial charge in [0.15, 0.2) is 0 Å². The zero-order valence-electron chi connectivity index (χ0n) is 11.5. The molecule has 1 atom stereocenters. The predicted octanol–water partition coefficient (Wildman–Crippen LogP) is 2.13. The van der Waals surface area contributed by atoms with Crippen LogP contribution in [0.2, 0.25) is 0 Å². The molecule has 19 heavy (non-hydrogen) atoms. The van der Waals surface area contributed by atoms with E-state index in [2.05, 4.69) is 34.9 Å². The first-order valence-electron chi connectivity index (χ1n) is 7.36. The minimum Gasteiger partial charge on any atom is -0.356 e. The number of hydrogen-bond acceptors (Lipinski definition) is 2. The summed E-state index contributed by atoms with van der Waals surface area (Å²) in [6, 6.07) is 10.4. The average molecular weight is 260 g/mol. The van der Waals surface area contributed by atoms with Gasteiger partial charge in [-0.1, -0.05) is 30.3 Å². The lowest BCUT2D eigenvalue weighted by molar-refractivity contribution is -0.121. The Hall–Kier alpha value is -1.35. The first kappa shape index (κ1) is 14.1. The van der Waals surface area contributed by atoms with Crippen LogP contribution in [0.1, 0.15) is 31.2 Å². The lowest BCUT2D eigenvalue weighted by Gasteiger charge is -2.08. The highest BCUT2D eigenvalue weighted by molar-refractivity contribution is 5.75. The van der Waals surface area contributed by atoms with Crippen molar-refractivity contribution in [3.05, 3.63) is 35.9 Å². The van der Waals surface area contributed by atoms with Gasteiger partial charge in [0.25, 0.3) is 0 Å². The third kappa shape index (κ3) is 5.43. The van der Waals surface area contributed by atoms with Crippen LogP contribution in [0.4, 0.5) is 0 Å². The van der Waals surface area contributed by atoms with E-state index in [1.54, 1.807) is 0 Å². The second kappa shape index (κ2) is 7.95. The second-order valence-corrected chi connectivity index (χ2v) is 5.34. The largest absolute Gasteiger partial charge is 0.356 e. The van der Waals surface area contributed by atoms with Crippen LogP contribution in [0, 0.1) is 5.92 Å². The predicted molar refractivity (Wildman–Crippen MR) is 78.0 cm³/mol. The normalized spacial score (nSPS) is 18.4. The van der Waals surface area contributed by atoms with Gasteiger partial charge in [-0.05, 0) is 50.3 Å². The topological polar surface area (TPSA) is 41.1 Å².